The van der Waals surface area contributed by atoms with Crippen LogP contribution in [0.2, 0.25) is 10.0 Å². The van der Waals surface area contributed by atoms with Crippen molar-refractivity contribution in [3.8, 4) is 11.8 Å². The van der Waals surface area contributed by atoms with Crippen LogP contribution in [0.25, 0.3) is 5.69 Å². The summed E-state index contributed by atoms with van der Waals surface area (Å²) >= 11 is 12.0. The number of hydrogen-bond donors (Lipinski definition) is 0. The van der Waals surface area contributed by atoms with Crippen molar-refractivity contribution in [2.24, 2.45) is 5.92 Å². The minimum atomic E-state index is 0.338. The zero-order valence-corrected chi connectivity index (χ0v) is 12.1. The molecule has 0 atom stereocenters. The minimum absolute atomic E-state index is 0.338. The molecular formula is C13H12Cl2N4. The highest BCUT2D eigenvalue weighted by molar-refractivity contribution is 6.34. The highest BCUT2D eigenvalue weighted by Gasteiger charge is 2.15. The van der Waals surface area contributed by atoms with E-state index in [-0.39, 0.29) is 0 Å². The molecule has 1 aromatic carbocycles. The van der Waals surface area contributed by atoms with E-state index in [2.05, 4.69) is 30.2 Å². The van der Waals surface area contributed by atoms with Crippen molar-refractivity contribution < 1.29 is 0 Å². The highest BCUT2D eigenvalue weighted by Crippen LogP contribution is 2.23. The second kappa shape index (κ2) is 5.60. The second-order valence-electron chi connectivity index (χ2n) is 4.63. The summed E-state index contributed by atoms with van der Waals surface area (Å²) in [6.07, 6.45) is 0.708. The first kappa shape index (κ1) is 13.9. The van der Waals surface area contributed by atoms with Crippen LogP contribution in [0, 0.1) is 17.2 Å². The lowest BCUT2D eigenvalue weighted by Crippen LogP contribution is -2.06. The van der Waals surface area contributed by atoms with Gasteiger partial charge in [0, 0.05) is 10.0 Å². The third kappa shape index (κ3) is 3.06. The second-order valence-corrected chi connectivity index (χ2v) is 5.51. The Balaban J connectivity index is 2.56. The van der Waals surface area contributed by atoms with Crippen molar-refractivity contribution in [2.75, 3.05) is 0 Å². The topological polar surface area (TPSA) is 54.5 Å². The molecule has 0 saturated carbocycles. The van der Waals surface area contributed by atoms with E-state index in [0.29, 0.717) is 33.8 Å². The van der Waals surface area contributed by atoms with E-state index >= 15 is 0 Å². The molecule has 0 N–H and O–H groups in total. The van der Waals surface area contributed by atoms with Gasteiger partial charge < -0.3 is 0 Å². The number of benzene rings is 1. The smallest absolute Gasteiger partial charge is 0.186 e. The number of nitriles is 1. The molecule has 0 aliphatic heterocycles. The standard InChI is InChI=1S/C13H12Cl2N4/c1-8(2)3-13-12(7-16)17-18-19(13)11-5-9(14)4-10(15)6-11/h4-6,8H,3H2,1-2H3. The van der Waals surface area contributed by atoms with Crippen molar-refractivity contribution in [3.05, 3.63) is 39.6 Å². The van der Waals surface area contributed by atoms with Crippen molar-refractivity contribution >= 4 is 23.2 Å². The van der Waals surface area contributed by atoms with E-state index < -0.39 is 0 Å². The Morgan fingerprint density at radius 1 is 1.26 bits per heavy atom. The predicted molar refractivity (Wildman–Crippen MR) is 74.6 cm³/mol. The van der Waals surface area contributed by atoms with Crippen LogP contribution in [0.5, 0.6) is 0 Å². The van der Waals surface area contributed by atoms with Crippen molar-refractivity contribution in [1.29, 1.82) is 5.26 Å². The Hall–Kier alpha value is -1.57. The van der Waals surface area contributed by atoms with Gasteiger partial charge in [-0.25, -0.2) is 4.68 Å². The molecule has 98 valence electrons. The van der Waals surface area contributed by atoms with Gasteiger partial charge in [-0.2, -0.15) is 5.26 Å². The van der Waals surface area contributed by atoms with Gasteiger partial charge in [0.1, 0.15) is 6.07 Å². The summed E-state index contributed by atoms with van der Waals surface area (Å²) in [5.74, 6) is 0.388. The maximum atomic E-state index is 9.08. The zero-order valence-electron chi connectivity index (χ0n) is 10.6. The summed E-state index contributed by atoms with van der Waals surface area (Å²) in [7, 11) is 0. The van der Waals surface area contributed by atoms with Crippen LogP contribution < -0.4 is 0 Å². The fourth-order valence-electron chi connectivity index (χ4n) is 1.83. The normalized spacial score (nSPS) is 10.7. The first-order valence-electron chi connectivity index (χ1n) is 5.82. The van der Waals surface area contributed by atoms with Crippen LogP contribution in [0.15, 0.2) is 18.2 Å². The van der Waals surface area contributed by atoms with Gasteiger partial charge in [-0.3, -0.25) is 0 Å². The Kier molecular flexibility index (Phi) is 4.08. The molecule has 1 heterocycles. The highest BCUT2D eigenvalue weighted by atomic mass is 35.5. The van der Waals surface area contributed by atoms with Gasteiger partial charge in [-0.1, -0.05) is 42.3 Å². The van der Waals surface area contributed by atoms with Crippen LogP contribution in [0.4, 0.5) is 0 Å². The van der Waals surface area contributed by atoms with Gasteiger partial charge in [-0.05, 0) is 30.5 Å². The van der Waals surface area contributed by atoms with Gasteiger partial charge in [-0.15, -0.1) is 5.10 Å². The summed E-state index contributed by atoms with van der Waals surface area (Å²) in [5.41, 5.74) is 1.82. The molecule has 1 aromatic heterocycles. The zero-order chi connectivity index (χ0) is 14.0. The van der Waals surface area contributed by atoms with Crippen LogP contribution in [-0.2, 0) is 6.42 Å². The van der Waals surface area contributed by atoms with E-state index in [1.54, 1.807) is 22.9 Å². The van der Waals surface area contributed by atoms with Crippen LogP contribution in [0.3, 0.4) is 0 Å². The summed E-state index contributed by atoms with van der Waals surface area (Å²) in [6.45, 7) is 4.15. The average molecular weight is 295 g/mol. The van der Waals surface area contributed by atoms with Crippen molar-refractivity contribution in [1.82, 2.24) is 15.0 Å². The minimum Gasteiger partial charge on any atom is -0.216 e. The van der Waals surface area contributed by atoms with Gasteiger partial charge >= 0.3 is 0 Å². The lowest BCUT2D eigenvalue weighted by Gasteiger charge is -2.09. The quantitative estimate of drug-likeness (QED) is 0.868. The van der Waals surface area contributed by atoms with Crippen LogP contribution in [0.1, 0.15) is 25.2 Å². The molecule has 6 heteroatoms. The molecule has 0 spiro atoms. The summed E-state index contributed by atoms with van der Waals surface area (Å²) in [5, 5.41) is 18.0. The molecular weight excluding hydrogens is 283 g/mol. The van der Waals surface area contributed by atoms with E-state index in [0.717, 1.165) is 5.69 Å². The van der Waals surface area contributed by atoms with E-state index in [9.17, 15) is 0 Å². The first-order valence-corrected chi connectivity index (χ1v) is 6.58. The lowest BCUT2D eigenvalue weighted by molar-refractivity contribution is 0.613. The monoisotopic (exact) mass is 294 g/mol. The van der Waals surface area contributed by atoms with E-state index in [1.807, 2.05) is 0 Å². The molecule has 0 amide bonds. The average Bonchev–Trinajstić information content (AvgIpc) is 2.69. The van der Waals surface area contributed by atoms with Crippen molar-refractivity contribution in [2.45, 2.75) is 20.3 Å². The predicted octanol–water partition coefficient (Wildman–Crippen LogP) is 3.64. The maximum Gasteiger partial charge on any atom is 0.186 e. The molecule has 2 rings (SSSR count). The molecule has 19 heavy (non-hydrogen) atoms. The molecule has 0 aliphatic carbocycles. The number of rotatable bonds is 3. The van der Waals surface area contributed by atoms with Gasteiger partial charge in [0.05, 0.1) is 11.4 Å². The molecule has 4 nitrogen and oxygen atoms in total. The largest absolute Gasteiger partial charge is 0.216 e. The van der Waals surface area contributed by atoms with Gasteiger partial charge in [0.2, 0.25) is 0 Å². The Morgan fingerprint density at radius 2 is 1.89 bits per heavy atom. The lowest BCUT2D eigenvalue weighted by atomic mass is 10.1. The van der Waals surface area contributed by atoms with Gasteiger partial charge in [0.25, 0.3) is 0 Å². The number of nitrogens with zero attached hydrogens (tertiary/aromatic N) is 4. The van der Waals surface area contributed by atoms with Crippen LogP contribution in [-0.4, -0.2) is 15.0 Å². The number of aromatic nitrogens is 3. The molecule has 0 unspecified atom stereocenters. The summed E-state index contributed by atoms with van der Waals surface area (Å²) < 4.78 is 1.62. The first-order chi connectivity index (χ1) is 9.01. The Morgan fingerprint density at radius 3 is 2.42 bits per heavy atom. The fourth-order valence-corrected chi connectivity index (χ4v) is 2.34. The Labute approximate surface area is 121 Å². The third-order valence-corrected chi connectivity index (χ3v) is 3.00. The number of halogens is 2. The third-order valence-electron chi connectivity index (χ3n) is 2.56. The van der Waals surface area contributed by atoms with Crippen molar-refractivity contribution in [3.63, 3.8) is 0 Å². The van der Waals surface area contributed by atoms with E-state index in [1.165, 1.54) is 0 Å². The van der Waals surface area contributed by atoms with Crippen LogP contribution >= 0.6 is 23.2 Å². The van der Waals surface area contributed by atoms with Gasteiger partial charge in [0.15, 0.2) is 5.69 Å². The number of hydrogen-bond acceptors (Lipinski definition) is 3. The molecule has 0 saturated heterocycles. The molecule has 0 radical (unpaired) electrons. The summed E-state index contributed by atoms with van der Waals surface area (Å²) in [6, 6.07) is 7.20. The molecule has 0 fully saturated rings. The SMILES string of the molecule is CC(C)Cc1c(C#N)nnn1-c1cc(Cl)cc(Cl)c1. The molecule has 0 aliphatic rings. The summed E-state index contributed by atoms with van der Waals surface area (Å²) in [4.78, 5) is 0. The Bertz CT molecular complexity index is 620. The van der Waals surface area contributed by atoms with E-state index in [4.69, 9.17) is 28.5 Å². The molecule has 0 bridgehead atoms. The molecule has 2 aromatic rings. The fraction of sp³-hybridized carbons (Fsp3) is 0.308. The maximum absolute atomic E-state index is 9.08.